The van der Waals surface area contributed by atoms with Gasteiger partial charge in [0.1, 0.15) is 5.75 Å². The Morgan fingerprint density at radius 2 is 2.07 bits per heavy atom. The lowest BCUT2D eigenvalue weighted by Gasteiger charge is -2.17. The number of hydrogen-bond donors (Lipinski definition) is 2. The molecular formula is C20H25N4O3S+. The first kappa shape index (κ1) is 20.0. The Balaban J connectivity index is 1.62. The average Bonchev–Trinajstić information content (AvgIpc) is 3.35. The summed E-state index contributed by atoms with van der Waals surface area (Å²) in [6.07, 6.45) is 0.948. The number of nitrogens with zero attached hydrogens (tertiary/aromatic N) is 2. The highest BCUT2D eigenvalue weighted by Gasteiger charge is 2.19. The van der Waals surface area contributed by atoms with Gasteiger partial charge in [0.2, 0.25) is 0 Å². The smallest absolute Gasteiger partial charge is 0.279 e. The van der Waals surface area contributed by atoms with E-state index in [1.54, 1.807) is 11.3 Å². The summed E-state index contributed by atoms with van der Waals surface area (Å²) >= 11 is 1.56. The van der Waals surface area contributed by atoms with Crippen molar-refractivity contribution in [2.45, 2.75) is 26.8 Å². The van der Waals surface area contributed by atoms with Crippen LogP contribution in [0.5, 0.6) is 5.75 Å². The first-order valence-electron chi connectivity index (χ1n) is 9.41. The van der Waals surface area contributed by atoms with Crippen LogP contribution in [-0.4, -0.2) is 35.8 Å². The van der Waals surface area contributed by atoms with Crippen LogP contribution < -0.4 is 15.0 Å². The Morgan fingerprint density at radius 3 is 2.82 bits per heavy atom. The van der Waals surface area contributed by atoms with Crippen LogP contribution in [0.2, 0.25) is 0 Å². The summed E-state index contributed by atoms with van der Waals surface area (Å²) in [6, 6.07) is 11.3. The second-order valence-corrected chi connectivity index (χ2v) is 7.26. The zero-order valence-corrected chi connectivity index (χ0v) is 16.9. The number of aromatic nitrogens is 2. The molecule has 0 spiro atoms. The first-order valence-corrected chi connectivity index (χ1v) is 10.3. The predicted molar refractivity (Wildman–Crippen MR) is 109 cm³/mol. The number of benzene rings is 1. The molecule has 7 nitrogen and oxygen atoms in total. The molecule has 1 atom stereocenters. The quantitative estimate of drug-likeness (QED) is 0.546. The number of amides is 1. The summed E-state index contributed by atoms with van der Waals surface area (Å²) in [6.45, 7) is 6.20. The molecule has 0 aliphatic heterocycles. The van der Waals surface area contributed by atoms with Gasteiger partial charge in [0.15, 0.2) is 13.1 Å². The minimum atomic E-state index is -0.0754. The maximum Gasteiger partial charge on any atom is 0.279 e. The Hall–Kier alpha value is -2.71. The number of rotatable bonds is 10. The Morgan fingerprint density at radius 1 is 1.21 bits per heavy atom. The van der Waals surface area contributed by atoms with E-state index < -0.39 is 0 Å². The zero-order chi connectivity index (χ0) is 19.8. The summed E-state index contributed by atoms with van der Waals surface area (Å²) in [5.74, 6) is 1.66. The fourth-order valence-corrected chi connectivity index (χ4v) is 3.55. The van der Waals surface area contributed by atoms with Crippen LogP contribution >= 0.6 is 11.3 Å². The van der Waals surface area contributed by atoms with Crippen molar-refractivity contribution in [3.05, 3.63) is 47.7 Å². The van der Waals surface area contributed by atoms with Crippen molar-refractivity contribution in [1.29, 1.82) is 0 Å². The van der Waals surface area contributed by atoms with Crippen LogP contribution in [0, 0.1) is 0 Å². The predicted octanol–water partition coefficient (Wildman–Crippen LogP) is 2.63. The number of anilines is 1. The number of para-hydroxylation sites is 2. The number of nitrogens with one attached hydrogen (secondary N) is 2. The van der Waals surface area contributed by atoms with Gasteiger partial charge in [0, 0.05) is 0 Å². The van der Waals surface area contributed by atoms with E-state index in [2.05, 4.69) is 22.4 Å². The molecule has 0 aliphatic rings. The fourth-order valence-electron chi connectivity index (χ4n) is 2.90. The molecule has 0 radical (unpaired) electrons. The Kier molecular flexibility index (Phi) is 7.16. The molecule has 28 heavy (non-hydrogen) atoms. The molecular weight excluding hydrogens is 376 g/mol. The van der Waals surface area contributed by atoms with Gasteiger partial charge < -0.3 is 19.4 Å². The molecule has 1 aromatic carbocycles. The van der Waals surface area contributed by atoms with E-state index in [1.165, 1.54) is 0 Å². The molecule has 0 saturated carbocycles. The van der Waals surface area contributed by atoms with E-state index >= 15 is 0 Å². The summed E-state index contributed by atoms with van der Waals surface area (Å²) in [7, 11) is 0. The lowest BCUT2D eigenvalue weighted by molar-refractivity contribution is -0.907. The molecule has 3 aromatic rings. The molecule has 148 valence electrons. The van der Waals surface area contributed by atoms with E-state index in [9.17, 15) is 4.79 Å². The average molecular weight is 402 g/mol. The molecule has 1 amide bonds. The number of ether oxygens (including phenoxy) is 1. The maximum absolute atomic E-state index is 12.6. The molecule has 2 N–H and O–H groups in total. The van der Waals surface area contributed by atoms with Gasteiger partial charge >= 0.3 is 0 Å². The zero-order valence-electron chi connectivity index (χ0n) is 16.1. The van der Waals surface area contributed by atoms with Crippen LogP contribution in [0.25, 0.3) is 10.8 Å². The standard InChI is InChI=1S/C20H24N4O3S/c1-3-11-24(14-19-22-23-20(27-19)17-10-7-12-28-17)13-18(25)21-15-8-5-6-9-16(15)26-4-2/h5-10,12H,3-4,11,13-14H2,1-2H3,(H,21,25)/p+1. The third-order valence-electron chi connectivity index (χ3n) is 4.08. The van der Waals surface area contributed by atoms with E-state index in [-0.39, 0.29) is 5.91 Å². The van der Waals surface area contributed by atoms with Crippen LogP contribution in [0.4, 0.5) is 5.69 Å². The molecule has 0 bridgehead atoms. The van der Waals surface area contributed by atoms with Crippen LogP contribution in [0.15, 0.2) is 46.2 Å². The van der Waals surface area contributed by atoms with Crippen molar-refractivity contribution in [2.24, 2.45) is 0 Å². The third-order valence-corrected chi connectivity index (χ3v) is 4.93. The molecule has 0 saturated heterocycles. The maximum atomic E-state index is 12.6. The largest absolute Gasteiger partial charge is 0.492 e. The number of quaternary nitrogens is 1. The van der Waals surface area contributed by atoms with E-state index in [0.29, 0.717) is 42.9 Å². The van der Waals surface area contributed by atoms with Gasteiger partial charge in [-0.15, -0.1) is 21.5 Å². The second-order valence-electron chi connectivity index (χ2n) is 6.31. The van der Waals surface area contributed by atoms with Gasteiger partial charge in [-0.25, -0.2) is 0 Å². The van der Waals surface area contributed by atoms with Gasteiger partial charge in [0.05, 0.1) is 23.7 Å². The summed E-state index contributed by atoms with van der Waals surface area (Å²) in [4.78, 5) is 14.6. The van der Waals surface area contributed by atoms with Crippen molar-refractivity contribution in [2.75, 3.05) is 25.0 Å². The van der Waals surface area contributed by atoms with Gasteiger partial charge in [0.25, 0.3) is 17.7 Å². The van der Waals surface area contributed by atoms with Crippen molar-refractivity contribution in [3.8, 4) is 16.5 Å². The van der Waals surface area contributed by atoms with Gasteiger partial charge in [-0.05, 0) is 36.9 Å². The van der Waals surface area contributed by atoms with Crippen molar-refractivity contribution < 1.29 is 18.8 Å². The van der Waals surface area contributed by atoms with Gasteiger partial charge in [-0.1, -0.05) is 25.1 Å². The molecule has 1 unspecified atom stereocenters. The number of carbonyl (C=O) groups is 1. The van der Waals surface area contributed by atoms with Crippen molar-refractivity contribution in [1.82, 2.24) is 10.2 Å². The number of hydrogen-bond acceptors (Lipinski definition) is 6. The van der Waals surface area contributed by atoms with Crippen LogP contribution in [0.1, 0.15) is 26.2 Å². The highest BCUT2D eigenvalue weighted by molar-refractivity contribution is 7.13. The van der Waals surface area contributed by atoms with Gasteiger partial charge in [-0.2, -0.15) is 0 Å². The Bertz CT molecular complexity index is 879. The first-order chi connectivity index (χ1) is 13.7. The van der Waals surface area contributed by atoms with Crippen molar-refractivity contribution in [3.63, 3.8) is 0 Å². The summed E-state index contributed by atoms with van der Waals surface area (Å²) in [5.41, 5.74) is 0.683. The van der Waals surface area contributed by atoms with Gasteiger partial charge in [-0.3, -0.25) is 4.79 Å². The molecule has 2 heterocycles. The third kappa shape index (κ3) is 5.40. The topological polar surface area (TPSA) is 81.7 Å². The SMILES string of the molecule is CCC[NH+](CC(=O)Nc1ccccc1OCC)Cc1nnc(-c2cccs2)o1. The molecule has 2 aromatic heterocycles. The van der Waals surface area contributed by atoms with Crippen LogP contribution in [0.3, 0.4) is 0 Å². The lowest BCUT2D eigenvalue weighted by atomic mass is 10.3. The molecule has 0 fully saturated rings. The van der Waals surface area contributed by atoms with Crippen LogP contribution in [-0.2, 0) is 11.3 Å². The van der Waals surface area contributed by atoms with E-state index in [0.717, 1.165) is 22.7 Å². The summed E-state index contributed by atoms with van der Waals surface area (Å²) < 4.78 is 11.3. The highest BCUT2D eigenvalue weighted by Crippen LogP contribution is 2.24. The van der Waals surface area contributed by atoms with Crippen molar-refractivity contribution >= 4 is 22.9 Å². The fraction of sp³-hybridized carbons (Fsp3) is 0.350. The summed E-state index contributed by atoms with van der Waals surface area (Å²) in [5, 5.41) is 13.2. The Labute approximate surface area is 168 Å². The number of thiophene rings is 1. The van der Waals surface area contributed by atoms with E-state index in [1.807, 2.05) is 48.7 Å². The molecule has 3 rings (SSSR count). The monoisotopic (exact) mass is 401 g/mol. The lowest BCUT2D eigenvalue weighted by Crippen LogP contribution is -3.11. The minimum absolute atomic E-state index is 0.0754. The highest BCUT2D eigenvalue weighted by atomic mass is 32.1. The second kappa shape index (κ2) is 10.0. The minimum Gasteiger partial charge on any atom is -0.492 e. The normalized spacial score (nSPS) is 11.9. The molecule has 8 heteroatoms. The molecule has 0 aliphatic carbocycles. The number of carbonyl (C=O) groups excluding carboxylic acids is 1. The van der Waals surface area contributed by atoms with E-state index in [4.69, 9.17) is 9.15 Å².